The minimum Gasteiger partial charge on any atom is -0.491 e. The molecule has 3 aromatic carbocycles. The van der Waals surface area contributed by atoms with Crippen LogP contribution in [0.3, 0.4) is 0 Å². The lowest BCUT2D eigenvalue weighted by Gasteiger charge is -2.18. The topological polar surface area (TPSA) is 56.1 Å². The van der Waals surface area contributed by atoms with Gasteiger partial charge in [-0.3, -0.25) is 4.79 Å². The molecule has 4 rings (SSSR count). The monoisotopic (exact) mass is 427 g/mol. The number of ether oxygens (including phenoxy) is 1. The second kappa shape index (κ2) is 9.69. The molecule has 5 nitrogen and oxygen atoms in total. The van der Waals surface area contributed by atoms with Crippen molar-refractivity contribution in [2.24, 2.45) is 0 Å². The van der Waals surface area contributed by atoms with Crippen LogP contribution in [0.25, 0.3) is 11.0 Å². The zero-order valence-corrected chi connectivity index (χ0v) is 18.8. The second-order valence-corrected chi connectivity index (χ2v) is 8.21. The zero-order valence-electron chi connectivity index (χ0n) is 18.8. The molecule has 0 fully saturated rings. The van der Waals surface area contributed by atoms with E-state index in [1.165, 1.54) is 5.56 Å². The SMILES string of the molecule is CC(C)c1ccccc1OCCn1c(C(C)NC(=O)c2ccccc2)nc2ccccc21. The molecular formula is C27H29N3O2. The van der Waals surface area contributed by atoms with E-state index in [4.69, 9.17) is 9.72 Å². The Morgan fingerprint density at radius 2 is 1.62 bits per heavy atom. The zero-order chi connectivity index (χ0) is 22.5. The summed E-state index contributed by atoms with van der Waals surface area (Å²) in [6.45, 7) is 7.44. The summed E-state index contributed by atoms with van der Waals surface area (Å²) >= 11 is 0. The lowest BCUT2D eigenvalue weighted by molar-refractivity contribution is 0.0937. The van der Waals surface area contributed by atoms with Gasteiger partial charge in [-0.25, -0.2) is 4.98 Å². The summed E-state index contributed by atoms with van der Waals surface area (Å²) in [5, 5.41) is 3.08. The van der Waals surface area contributed by atoms with Crippen LogP contribution in [0.1, 0.15) is 54.5 Å². The van der Waals surface area contributed by atoms with E-state index in [9.17, 15) is 4.79 Å². The third-order valence-corrected chi connectivity index (χ3v) is 5.57. The summed E-state index contributed by atoms with van der Waals surface area (Å²) in [6, 6.07) is 25.2. The van der Waals surface area contributed by atoms with Crippen LogP contribution in [-0.2, 0) is 6.54 Å². The molecule has 1 heterocycles. The van der Waals surface area contributed by atoms with Gasteiger partial charge in [-0.05, 0) is 48.7 Å². The third kappa shape index (κ3) is 4.67. The quantitative estimate of drug-likeness (QED) is 0.391. The molecule has 1 unspecified atom stereocenters. The molecule has 0 radical (unpaired) electrons. The van der Waals surface area contributed by atoms with Gasteiger partial charge < -0.3 is 14.6 Å². The van der Waals surface area contributed by atoms with Crippen molar-refractivity contribution in [1.82, 2.24) is 14.9 Å². The number of amides is 1. The Hall–Kier alpha value is -3.60. The van der Waals surface area contributed by atoms with Crippen molar-refractivity contribution in [3.63, 3.8) is 0 Å². The smallest absolute Gasteiger partial charge is 0.251 e. The highest BCUT2D eigenvalue weighted by molar-refractivity contribution is 5.94. The van der Waals surface area contributed by atoms with E-state index in [2.05, 4.69) is 35.9 Å². The van der Waals surface area contributed by atoms with Gasteiger partial charge in [0.1, 0.15) is 18.2 Å². The number of para-hydroxylation sites is 3. The second-order valence-electron chi connectivity index (χ2n) is 8.21. The van der Waals surface area contributed by atoms with E-state index < -0.39 is 0 Å². The molecular weight excluding hydrogens is 398 g/mol. The van der Waals surface area contributed by atoms with Gasteiger partial charge in [-0.2, -0.15) is 0 Å². The van der Waals surface area contributed by atoms with E-state index in [1.54, 1.807) is 0 Å². The molecule has 4 aromatic rings. The molecule has 0 saturated heterocycles. The molecule has 0 aliphatic heterocycles. The van der Waals surface area contributed by atoms with Crippen molar-refractivity contribution >= 4 is 16.9 Å². The predicted molar refractivity (Wildman–Crippen MR) is 128 cm³/mol. The van der Waals surface area contributed by atoms with Crippen LogP contribution in [0.15, 0.2) is 78.9 Å². The van der Waals surface area contributed by atoms with Gasteiger partial charge in [0, 0.05) is 5.56 Å². The highest BCUT2D eigenvalue weighted by atomic mass is 16.5. The highest BCUT2D eigenvalue weighted by Gasteiger charge is 2.19. The van der Waals surface area contributed by atoms with Crippen LogP contribution in [0, 0.1) is 0 Å². The molecule has 32 heavy (non-hydrogen) atoms. The summed E-state index contributed by atoms with van der Waals surface area (Å²) in [7, 11) is 0. The Balaban J connectivity index is 1.55. The number of nitrogens with zero attached hydrogens (tertiary/aromatic N) is 2. The lowest BCUT2D eigenvalue weighted by Crippen LogP contribution is -2.29. The Kier molecular flexibility index (Phi) is 6.55. The maximum Gasteiger partial charge on any atom is 0.251 e. The maximum absolute atomic E-state index is 12.7. The van der Waals surface area contributed by atoms with E-state index in [-0.39, 0.29) is 11.9 Å². The summed E-state index contributed by atoms with van der Waals surface area (Å²) in [5.41, 5.74) is 3.78. The normalized spacial score (nSPS) is 12.1. The van der Waals surface area contributed by atoms with Crippen LogP contribution in [0.2, 0.25) is 0 Å². The van der Waals surface area contributed by atoms with E-state index in [1.807, 2.05) is 73.7 Å². The van der Waals surface area contributed by atoms with Gasteiger partial charge in [-0.1, -0.05) is 62.4 Å². The number of carbonyl (C=O) groups is 1. The number of rotatable bonds is 8. The fourth-order valence-corrected chi connectivity index (χ4v) is 3.93. The van der Waals surface area contributed by atoms with Crippen molar-refractivity contribution in [2.75, 3.05) is 6.61 Å². The van der Waals surface area contributed by atoms with Crippen LogP contribution in [0.4, 0.5) is 0 Å². The molecule has 0 bridgehead atoms. The van der Waals surface area contributed by atoms with Crippen LogP contribution in [0.5, 0.6) is 5.75 Å². The number of hydrogen-bond acceptors (Lipinski definition) is 3. The fourth-order valence-electron chi connectivity index (χ4n) is 3.93. The first kappa shape index (κ1) is 21.6. The maximum atomic E-state index is 12.7. The lowest BCUT2D eigenvalue weighted by atomic mass is 10.0. The molecule has 1 N–H and O–H groups in total. The van der Waals surface area contributed by atoms with Crippen molar-refractivity contribution in [3.8, 4) is 5.75 Å². The van der Waals surface area contributed by atoms with Crippen LogP contribution in [-0.4, -0.2) is 22.1 Å². The summed E-state index contributed by atoms with van der Waals surface area (Å²) in [5.74, 6) is 2.01. The van der Waals surface area contributed by atoms with E-state index in [0.29, 0.717) is 24.6 Å². The van der Waals surface area contributed by atoms with E-state index in [0.717, 1.165) is 22.6 Å². The van der Waals surface area contributed by atoms with Crippen molar-refractivity contribution in [3.05, 3.63) is 95.8 Å². The van der Waals surface area contributed by atoms with Gasteiger partial charge in [-0.15, -0.1) is 0 Å². The number of hydrogen-bond donors (Lipinski definition) is 1. The number of aromatic nitrogens is 2. The molecule has 164 valence electrons. The van der Waals surface area contributed by atoms with Crippen molar-refractivity contribution in [1.29, 1.82) is 0 Å². The van der Waals surface area contributed by atoms with Gasteiger partial charge in [0.25, 0.3) is 5.91 Å². The Labute approximate surface area is 189 Å². The number of carbonyl (C=O) groups excluding carboxylic acids is 1. The predicted octanol–water partition coefficient (Wildman–Crippen LogP) is 5.73. The minimum atomic E-state index is -0.252. The summed E-state index contributed by atoms with van der Waals surface area (Å²) in [6.07, 6.45) is 0. The van der Waals surface area contributed by atoms with Gasteiger partial charge in [0.15, 0.2) is 0 Å². The standard InChI is InChI=1S/C27H29N3O2/c1-19(2)22-13-7-10-16-25(22)32-18-17-30-24-15-9-8-14-23(24)29-26(30)20(3)28-27(31)21-11-5-4-6-12-21/h4-16,19-20H,17-18H2,1-3H3,(H,28,31). The van der Waals surface area contributed by atoms with Gasteiger partial charge >= 0.3 is 0 Å². The summed E-state index contributed by atoms with van der Waals surface area (Å²) in [4.78, 5) is 17.5. The molecule has 1 atom stereocenters. The van der Waals surface area contributed by atoms with Crippen molar-refractivity contribution < 1.29 is 9.53 Å². The average molecular weight is 428 g/mol. The fraction of sp³-hybridized carbons (Fsp3) is 0.259. The van der Waals surface area contributed by atoms with Crippen LogP contribution < -0.4 is 10.1 Å². The molecule has 1 amide bonds. The molecule has 5 heteroatoms. The molecule has 0 saturated carbocycles. The number of benzene rings is 3. The summed E-state index contributed by atoms with van der Waals surface area (Å²) < 4.78 is 8.31. The Morgan fingerprint density at radius 1 is 0.938 bits per heavy atom. The Morgan fingerprint density at radius 3 is 2.41 bits per heavy atom. The highest BCUT2D eigenvalue weighted by Crippen LogP contribution is 2.26. The molecule has 0 aliphatic carbocycles. The van der Waals surface area contributed by atoms with Gasteiger partial charge in [0.05, 0.1) is 23.6 Å². The molecule has 0 aliphatic rings. The van der Waals surface area contributed by atoms with Gasteiger partial charge in [0.2, 0.25) is 0 Å². The number of fused-ring (bicyclic) bond motifs is 1. The molecule has 1 aromatic heterocycles. The Bertz CT molecular complexity index is 1200. The first-order valence-electron chi connectivity index (χ1n) is 11.1. The first-order chi connectivity index (χ1) is 15.5. The number of nitrogens with one attached hydrogen (secondary N) is 1. The minimum absolute atomic E-state index is 0.112. The van der Waals surface area contributed by atoms with Crippen LogP contribution >= 0.6 is 0 Å². The van der Waals surface area contributed by atoms with E-state index >= 15 is 0 Å². The van der Waals surface area contributed by atoms with Crippen molar-refractivity contribution in [2.45, 2.75) is 39.3 Å². The third-order valence-electron chi connectivity index (χ3n) is 5.57. The number of imidazole rings is 1. The largest absolute Gasteiger partial charge is 0.491 e. The first-order valence-corrected chi connectivity index (χ1v) is 11.1. The average Bonchev–Trinajstić information content (AvgIpc) is 3.18. The molecule has 0 spiro atoms.